The third-order valence-corrected chi connectivity index (χ3v) is 6.02. The fourth-order valence-corrected chi connectivity index (χ4v) is 3.97. The molecule has 0 unspecified atom stereocenters. The summed E-state index contributed by atoms with van der Waals surface area (Å²) in [4.78, 5) is 19.9. The summed E-state index contributed by atoms with van der Waals surface area (Å²) in [5.41, 5.74) is 3.89. The largest absolute Gasteiger partial charge is 0.378 e. The van der Waals surface area contributed by atoms with Gasteiger partial charge in [-0.1, -0.05) is 55.6 Å². The molecule has 0 fully saturated rings. The van der Waals surface area contributed by atoms with Gasteiger partial charge in [-0.3, -0.25) is 13.8 Å². The van der Waals surface area contributed by atoms with E-state index in [1.807, 2.05) is 38.4 Å². The van der Waals surface area contributed by atoms with E-state index < -0.39 is 0 Å². The van der Waals surface area contributed by atoms with Gasteiger partial charge in [0.2, 0.25) is 5.78 Å². The molecule has 0 saturated heterocycles. The van der Waals surface area contributed by atoms with E-state index in [1.54, 1.807) is 16.7 Å². The summed E-state index contributed by atoms with van der Waals surface area (Å²) in [6.45, 7) is 3.60. The Balaban J connectivity index is 1.68. The molecule has 0 aliphatic carbocycles. The minimum absolute atomic E-state index is 0.102. The first-order chi connectivity index (χ1) is 16.0. The average Bonchev–Trinajstić information content (AvgIpc) is 3.26. The van der Waals surface area contributed by atoms with Crippen molar-refractivity contribution in [3.8, 4) is 11.3 Å². The number of hydrogen-bond acceptors (Lipinski definition) is 4. The highest BCUT2D eigenvalue weighted by atomic mass is 35.5. The molecule has 0 spiro atoms. The first-order valence-corrected chi connectivity index (χ1v) is 11.7. The fourth-order valence-electron chi connectivity index (χ4n) is 3.85. The second-order valence-corrected chi connectivity index (χ2v) is 8.88. The number of halogens is 1. The molecule has 0 aliphatic heterocycles. The van der Waals surface area contributed by atoms with Crippen molar-refractivity contribution in [2.45, 2.75) is 39.3 Å². The number of benzene rings is 2. The summed E-state index contributed by atoms with van der Waals surface area (Å²) in [6.07, 6.45) is 5.07. The third-order valence-electron chi connectivity index (χ3n) is 5.77. The monoisotopic (exact) mass is 463 g/mol. The van der Waals surface area contributed by atoms with Crippen LogP contribution < -0.4 is 15.8 Å². The SMILES string of the molecule is CCCCCn1c(NCc2ccc(N(C)C)cc2)cc(=O)n2cc(-c3ccc(Cl)cc3)nc12. The van der Waals surface area contributed by atoms with Crippen LogP contribution in [0.2, 0.25) is 5.02 Å². The Kier molecular flexibility index (Phi) is 7.04. The number of aryl methyl sites for hydroxylation is 1. The lowest BCUT2D eigenvalue weighted by Crippen LogP contribution is -2.20. The van der Waals surface area contributed by atoms with E-state index in [-0.39, 0.29) is 5.56 Å². The van der Waals surface area contributed by atoms with E-state index in [2.05, 4.69) is 46.0 Å². The summed E-state index contributed by atoms with van der Waals surface area (Å²) in [7, 11) is 4.06. The van der Waals surface area contributed by atoms with Crippen molar-refractivity contribution in [3.63, 3.8) is 0 Å². The lowest BCUT2D eigenvalue weighted by molar-refractivity contribution is 0.604. The van der Waals surface area contributed by atoms with Crippen LogP contribution in [0.5, 0.6) is 0 Å². The Morgan fingerprint density at radius 2 is 1.76 bits per heavy atom. The van der Waals surface area contributed by atoms with Gasteiger partial charge in [-0.2, -0.15) is 0 Å². The second-order valence-electron chi connectivity index (χ2n) is 8.44. The molecule has 0 atom stereocenters. The highest BCUT2D eigenvalue weighted by molar-refractivity contribution is 6.30. The number of fused-ring (bicyclic) bond motifs is 1. The van der Waals surface area contributed by atoms with Gasteiger partial charge in [-0.05, 0) is 36.2 Å². The number of hydrogen-bond donors (Lipinski definition) is 1. The molecule has 33 heavy (non-hydrogen) atoms. The Morgan fingerprint density at radius 1 is 1.03 bits per heavy atom. The van der Waals surface area contributed by atoms with Gasteiger partial charge in [0.25, 0.3) is 5.56 Å². The molecule has 7 heteroatoms. The Labute approximate surface area is 199 Å². The molecule has 1 N–H and O–H groups in total. The first-order valence-electron chi connectivity index (χ1n) is 11.4. The van der Waals surface area contributed by atoms with Crippen LogP contribution in [0.25, 0.3) is 17.0 Å². The molecule has 2 heterocycles. The lowest BCUT2D eigenvalue weighted by atomic mass is 10.2. The van der Waals surface area contributed by atoms with Crippen LogP contribution >= 0.6 is 11.6 Å². The molecular weight excluding hydrogens is 434 g/mol. The van der Waals surface area contributed by atoms with E-state index in [1.165, 1.54) is 0 Å². The van der Waals surface area contributed by atoms with Gasteiger partial charge < -0.3 is 10.2 Å². The van der Waals surface area contributed by atoms with Crippen LogP contribution in [0.3, 0.4) is 0 Å². The van der Waals surface area contributed by atoms with E-state index >= 15 is 0 Å². The number of anilines is 2. The molecule has 0 aliphatic rings. The lowest BCUT2D eigenvalue weighted by Gasteiger charge is -2.17. The van der Waals surface area contributed by atoms with Gasteiger partial charge >= 0.3 is 0 Å². The molecule has 172 valence electrons. The Hall–Kier alpha value is -3.25. The van der Waals surface area contributed by atoms with Crippen LogP contribution in [0.1, 0.15) is 31.7 Å². The molecule has 0 radical (unpaired) electrons. The van der Waals surface area contributed by atoms with Crippen LogP contribution in [0, 0.1) is 0 Å². The molecular formula is C26H30ClN5O. The maximum absolute atomic E-state index is 13.0. The second kappa shape index (κ2) is 10.1. The van der Waals surface area contributed by atoms with Gasteiger partial charge in [-0.15, -0.1) is 0 Å². The normalized spacial score (nSPS) is 11.2. The van der Waals surface area contributed by atoms with Crippen molar-refractivity contribution < 1.29 is 0 Å². The summed E-state index contributed by atoms with van der Waals surface area (Å²) in [5, 5.41) is 4.15. The van der Waals surface area contributed by atoms with Crippen LogP contribution in [0.15, 0.2) is 65.6 Å². The number of nitrogens with zero attached hydrogens (tertiary/aromatic N) is 4. The molecule has 2 aromatic heterocycles. The van der Waals surface area contributed by atoms with Crippen molar-refractivity contribution in [3.05, 3.63) is 81.7 Å². The Morgan fingerprint density at radius 3 is 2.42 bits per heavy atom. The van der Waals surface area contributed by atoms with Gasteiger partial charge in [-0.25, -0.2) is 4.98 Å². The van der Waals surface area contributed by atoms with Gasteiger partial charge in [0.05, 0.1) is 5.69 Å². The topological polar surface area (TPSA) is 54.6 Å². The van der Waals surface area contributed by atoms with E-state index in [9.17, 15) is 4.79 Å². The van der Waals surface area contributed by atoms with E-state index in [4.69, 9.17) is 16.6 Å². The van der Waals surface area contributed by atoms with Crippen molar-refractivity contribution in [2.24, 2.45) is 0 Å². The van der Waals surface area contributed by atoms with Crippen molar-refractivity contribution >= 4 is 28.9 Å². The van der Waals surface area contributed by atoms with Crippen LogP contribution in [-0.2, 0) is 13.1 Å². The van der Waals surface area contributed by atoms with Crippen LogP contribution in [0.4, 0.5) is 11.5 Å². The zero-order valence-electron chi connectivity index (χ0n) is 19.4. The predicted octanol–water partition coefficient (Wildman–Crippen LogP) is 5.68. The minimum Gasteiger partial charge on any atom is -0.378 e. The summed E-state index contributed by atoms with van der Waals surface area (Å²) < 4.78 is 3.75. The smallest absolute Gasteiger partial charge is 0.261 e. The van der Waals surface area contributed by atoms with E-state index in [0.717, 1.165) is 54.1 Å². The molecule has 0 bridgehead atoms. The van der Waals surface area contributed by atoms with Crippen molar-refractivity contribution in [1.82, 2.24) is 14.0 Å². The molecule has 4 aromatic rings. The fraction of sp³-hybridized carbons (Fsp3) is 0.308. The van der Waals surface area contributed by atoms with Gasteiger partial charge in [0, 0.05) is 55.7 Å². The maximum atomic E-state index is 13.0. The number of aromatic nitrogens is 3. The highest BCUT2D eigenvalue weighted by Crippen LogP contribution is 2.23. The predicted molar refractivity (Wildman–Crippen MR) is 138 cm³/mol. The van der Waals surface area contributed by atoms with Gasteiger partial charge in [0.15, 0.2) is 0 Å². The van der Waals surface area contributed by atoms with Crippen molar-refractivity contribution in [1.29, 1.82) is 0 Å². The number of rotatable bonds is 9. The Bertz CT molecular complexity index is 1270. The maximum Gasteiger partial charge on any atom is 0.261 e. The highest BCUT2D eigenvalue weighted by Gasteiger charge is 2.14. The molecule has 0 saturated carbocycles. The van der Waals surface area contributed by atoms with E-state index in [0.29, 0.717) is 17.3 Å². The summed E-state index contributed by atoms with van der Waals surface area (Å²) in [5.74, 6) is 1.43. The minimum atomic E-state index is -0.102. The molecule has 2 aromatic carbocycles. The number of imidazole rings is 1. The summed E-state index contributed by atoms with van der Waals surface area (Å²) >= 11 is 6.04. The third kappa shape index (κ3) is 5.22. The summed E-state index contributed by atoms with van der Waals surface area (Å²) in [6, 6.07) is 17.6. The molecule has 0 amide bonds. The quantitative estimate of drug-likeness (QED) is 0.324. The van der Waals surface area contributed by atoms with Crippen LogP contribution in [-0.4, -0.2) is 28.0 Å². The first kappa shape index (κ1) is 22.9. The zero-order chi connectivity index (χ0) is 23.4. The number of nitrogens with one attached hydrogen (secondary N) is 1. The standard InChI is InChI=1S/C26H30ClN5O/c1-4-5-6-15-31-24(28-17-19-7-13-22(14-8-19)30(2)3)16-25(33)32-18-23(29-26(31)32)20-9-11-21(27)12-10-20/h7-14,16,18,28H,4-6,15,17H2,1-3H3. The zero-order valence-corrected chi connectivity index (χ0v) is 20.1. The van der Waals surface area contributed by atoms with Gasteiger partial charge in [0.1, 0.15) is 5.82 Å². The van der Waals surface area contributed by atoms with Crippen molar-refractivity contribution in [2.75, 3.05) is 24.3 Å². The number of unbranched alkanes of at least 4 members (excludes halogenated alkanes) is 2. The average molecular weight is 464 g/mol. The molecule has 6 nitrogen and oxygen atoms in total. The molecule has 4 rings (SSSR count).